The quantitative estimate of drug-likeness (QED) is 0.165. The molecule has 1 saturated carbocycles. The molecule has 4 aliphatic rings. The van der Waals surface area contributed by atoms with Crippen LogP contribution in [-0.2, 0) is 38.2 Å². The van der Waals surface area contributed by atoms with Gasteiger partial charge < -0.3 is 34.4 Å². The van der Waals surface area contributed by atoms with Crippen LogP contribution < -0.4 is 0 Å². The zero-order valence-electron chi connectivity index (χ0n) is 36.5. The molecule has 1 unspecified atom stereocenters. The van der Waals surface area contributed by atoms with Crippen LogP contribution in [0.4, 0.5) is 0 Å². The number of aliphatic hydroxyl groups excluding tert-OH is 2. The third-order valence-electron chi connectivity index (χ3n) is 13.2. The van der Waals surface area contributed by atoms with Crippen LogP contribution in [0, 0.1) is 29.6 Å². The SMILES string of the molecule is CO[C@H]1C[C@@H]2CC[C@@H](C)[C@@](O)(O2)C(=O)C(=O)N2CCCC2C(=O)O[C@H]([C@H](C)C[C@H]2CC[C@H](O)CC2)CC(=O)[C@H](C)/C=C(\C)[C@@H](O)CC(=O)CC[C@H](C)/C=C/C=C/C=C/1C. The summed E-state index contributed by atoms with van der Waals surface area (Å²) in [5.74, 6) is -6.68. The number of Topliss-reactive ketones (excluding diaryl/α,β-unsaturated/α-hetero) is 3. The van der Waals surface area contributed by atoms with Crippen molar-refractivity contribution >= 4 is 29.2 Å². The molecule has 0 spiro atoms. The number of esters is 1. The molecule has 1 aliphatic carbocycles. The van der Waals surface area contributed by atoms with Crippen LogP contribution in [0.1, 0.15) is 131 Å². The van der Waals surface area contributed by atoms with Gasteiger partial charge in [0.05, 0.1) is 24.4 Å². The van der Waals surface area contributed by atoms with Gasteiger partial charge in [0.2, 0.25) is 5.79 Å². The summed E-state index contributed by atoms with van der Waals surface area (Å²) >= 11 is 0. The smallest absolute Gasteiger partial charge is 0.329 e. The summed E-state index contributed by atoms with van der Waals surface area (Å²) in [7, 11) is 1.58. The number of carbonyl (C=O) groups is 5. The molecule has 0 aromatic heterocycles. The maximum Gasteiger partial charge on any atom is 0.329 e. The fourth-order valence-corrected chi connectivity index (χ4v) is 8.97. The number of nitrogens with zero attached hydrogens (tertiary/aromatic N) is 1. The lowest BCUT2D eigenvalue weighted by Gasteiger charge is -2.41. The van der Waals surface area contributed by atoms with Crippen LogP contribution in [0.2, 0.25) is 0 Å². The summed E-state index contributed by atoms with van der Waals surface area (Å²) < 4.78 is 18.0. The van der Waals surface area contributed by atoms with Gasteiger partial charge in [0, 0.05) is 51.2 Å². The van der Waals surface area contributed by atoms with Gasteiger partial charge in [-0.15, -0.1) is 0 Å². The van der Waals surface area contributed by atoms with Crippen LogP contribution in [0.15, 0.2) is 47.6 Å². The van der Waals surface area contributed by atoms with Crippen molar-refractivity contribution in [3.63, 3.8) is 0 Å². The Morgan fingerprint density at radius 3 is 2.31 bits per heavy atom. The number of ether oxygens (including phenoxy) is 3. The number of ketones is 3. The van der Waals surface area contributed by atoms with E-state index in [4.69, 9.17) is 14.2 Å². The maximum absolute atomic E-state index is 14.0. The number of fused-ring (bicyclic) bond motifs is 3. The highest BCUT2D eigenvalue weighted by Gasteiger charge is 2.53. The summed E-state index contributed by atoms with van der Waals surface area (Å²) in [5.41, 5.74) is 1.41. The molecule has 2 bridgehead atoms. The van der Waals surface area contributed by atoms with E-state index in [0.29, 0.717) is 63.4 Å². The van der Waals surface area contributed by atoms with Crippen molar-refractivity contribution in [2.75, 3.05) is 13.7 Å². The molecule has 0 aromatic carbocycles. The first-order valence-electron chi connectivity index (χ1n) is 22.0. The van der Waals surface area contributed by atoms with Gasteiger partial charge in [-0.25, -0.2) is 4.79 Å². The summed E-state index contributed by atoms with van der Waals surface area (Å²) in [6.07, 6.45) is 14.6. The largest absolute Gasteiger partial charge is 0.460 e. The molecule has 0 radical (unpaired) electrons. The third kappa shape index (κ3) is 13.6. The Balaban J connectivity index is 1.62. The van der Waals surface area contributed by atoms with Crippen molar-refractivity contribution in [1.82, 2.24) is 4.90 Å². The van der Waals surface area contributed by atoms with Crippen molar-refractivity contribution < 1.29 is 53.5 Å². The van der Waals surface area contributed by atoms with Crippen LogP contribution in [0.25, 0.3) is 0 Å². The number of allylic oxidation sites excluding steroid dienone is 6. The molecular weight excluding hydrogens is 755 g/mol. The van der Waals surface area contributed by atoms with E-state index in [1.54, 1.807) is 34.0 Å². The molecule has 12 nitrogen and oxygen atoms in total. The summed E-state index contributed by atoms with van der Waals surface area (Å²) in [5, 5.41) is 32.8. The average molecular weight is 826 g/mol. The number of carbonyl (C=O) groups excluding carboxylic acids is 5. The van der Waals surface area contributed by atoms with Crippen LogP contribution in [0.5, 0.6) is 0 Å². The number of amides is 1. The van der Waals surface area contributed by atoms with E-state index in [2.05, 4.69) is 0 Å². The number of aliphatic hydroxyl groups is 3. The van der Waals surface area contributed by atoms with Gasteiger partial charge in [0.15, 0.2) is 0 Å². The predicted molar refractivity (Wildman–Crippen MR) is 224 cm³/mol. The second-order valence-corrected chi connectivity index (χ2v) is 18.0. The standard InChI is InChI=1S/C47H71NO11/c1-29-12-9-8-10-13-30(2)42(57-7)27-38-22-16-34(6)47(56,59-38)44(53)45(54)48-23-11-14-39(48)46(55)58-43(33(5)25-35-17-20-36(49)21-18-35)28-41(52)32(4)24-31(3)40(51)26-37(50)19-15-29/h8-10,12-13,24,29,32-36,38-40,42-43,49,51,56H,11,14-23,25-28H2,1-7H3/b10-8+,12-9+,30-13+,31-24+/t29-,32-,33-,34-,35-,36-,38+,39?,40+,42+,43+,47-/m1/s1. The molecule has 1 amide bonds. The number of hydrogen-bond acceptors (Lipinski definition) is 11. The Hall–Kier alpha value is -3.29. The monoisotopic (exact) mass is 826 g/mol. The molecular formula is C47H71NO11. The molecule has 59 heavy (non-hydrogen) atoms. The van der Waals surface area contributed by atoms with Crippen molar-refractivity contribution in [1.29, 1.82) is 0 Å². The number of rotatable bonds is 4. The fourth-order valence-electron chi connectivity index (χ4n) is 8.97. The van der Waals surface area contributed by atoms with Gasteiger partial charge in [0.1, 0.15) is 23.7 Å². The van der Waals surface area contributed by atoms with E-state index in [9.17, 15) is 39.3 Å². The first kappa shape index (κ1) is 48.4. The molecule has 330 valence electrons. The molecule has 3 aliphatic heterocycles. The van der Waals surface area contributed by atoms with E-state index >= 15 is 0 Å². The predicted octanol–water partition coefficient (Wildman–Crippen LogP) is 6.29. The second kappa shape index (κ2) is 22.5. The molecule has 3 heterocycles. The summed E-state index contributed by atoms with van der Waals surface area (Å²) in [6, 6.07) is -1.08. The molecule has 10 atom stereocenters. The Morgan fingerprint density at radius 2 is 1.61 bits per heavy atom. The lowest BCUT2D eigenvalue weighted by Crippen LogP contribution is -2.59. The second-order valence-electron chi connectivity index (χ2n) is 18.0. The topological polar surface area (TPSA) is 177 Å². The summed E-state index contributed by atoms with van der Waals surface area (Å²) in [4.78, 5) is 69.9. The number of cyclic esters (lactones) is 1. The van der Waals surface area contributed by atoms with Crippen LogP contribution in [0.3, 0.4) is 0 Å². The van der Waals surface area contributed by atoms with E-state index in [-0.39, 0.29) is 67.3 Å². The van der Waals surface area contributed by atoms with Gasteiger partial charge in [-0.05, 0) is 107 Å². The number of methoxy groups -OCH3 is 1. The Bertz CT molecular complexity index is 1590. The first-order valence-corrected chi connectivity index (χ1v) is 22.0. The van der Waals surface area contributed by atoms with Crippen molar-refractivity contribution in [2.24, 2.45) is 29.6 Å². The molecule has 4 rings (SSSR count). The number of hydrogen-bond donors (Lipinski definition) is 3. The molecule has 3 fully saturated rings. The molecule has 3 N–H and O–H groups in total. The highest BCUT2D eigenvalue weighted by Crippen LogP contribution is 2.37. The zero-order chi connectivity index (χ0) is 43.4. The highest BCUT2D eigenvalue weighted by atomic mass is 16.6. The molecule has 2 saturated heterocycles. The van der Waals surface area contributed by atoms with Gasteiger partial charge >= 0.3 is 5.97 Å². The minimum atomic E-state index is -2.40. The van der Waals surface area contributed by atoms with E-state index in [1.165, 1.54) is 4.90 Å². The minimum Gasteiger partial charge on any atom is -0.460 e. The highest BCUT2D eigenvalue weighted by molar-refractivity contribution is 6.39. The van der Waals surface area contributed by atoms with Gasteiger partial charge in [-0.1, -0.05) is 64.2 Å². The van der Waals surface area contributed by atoms with Crippen molar-refractivity contribution in [2.45, 2.75) is 174 Å². The first-order chi connectivity index (χ1) is 27.9. The van der Waals surface area contributed by atoms with Gasteiger partial charge in [-0.2, -0.15) is 0 Å². The van der Waals surface area contributed by atoms with Crippen molar-refractivity contribution in [3.05, 3.63) is 47.6 Å². The van der Waals surface area contributed by atoms with Crippen LogP contribution >= 0.6 is 0 Å². The van der Waals surface area contributed by atoms with Gasteiger partial charge in [-0.3, -0.25) is 19.2 Å². The van der Waals surface area contributed by atoms with Gasteiger partial charge in [0.25, 0.3) is 11.7 Å². The summed E-state index contributed by atoms with van der Waals surface area (Å²) in [6.45, 7) is 11.1. The lowest BCUT2D eigenvalue weighted by molar-refractivity contribution is -0.265. The zero-order valence-corrected chi connectivity index (χ0v) is 36.5. The normalized spacial score (nSPS) is 39.3. The Morgan fingerprint density at radius 1 is 0.898 bits per heavy atom. The van der Waals surface area contributed by atoms with E-state index in [1.807, 2.05) is 51.2 Å². The Kier molecular flexibility index (Phi) is 18.5. The van der Waals surface area contributed by atoms with Crippen LogP contribution in [-0.4, -0.2) is 105 Å². The maximum atomic E-state index is 14.0. The Labute approximate surface area is 351 Å². The minimum absolute atomic E-state index is 0.0565. The third-order valence-corrected chi connectivity index (χ3v) is 13.2. The molecule has 0 aromatic rings. The fraction of sp³-hybridized carbons (Fsp3) is 0.723. The molecule has 12 heteroatoms. The average Bonchev–Trinajstić information content (AvgIpc) is 3.70. The van der Waals surface area contributed by atoms with E-state index in [0.717, 1.165) is 18.4 Å². The van der Waals surface area contributed by atoms with E-state index < -0.39 is 59.6 Å². The lowest BCUT2D eigenvalue weighted by atomic mass is 9.79. The van der Waals surface area contributed by atoms with Crippen molar-refractivity contribution in [3.8, 4) is 0 Å².